The molecule has 148 valence electrons. The van der Waals surface area contributed by atoms with Crippen LogP contribution in [0.2, 0.25) is 0 Å². The first-order valence-electron chi connectivity index (χ1n) is 10.2. The SMILES string of the molecule is CN=C(NCCN1CCN(C(=O)C2CCC2)CC1)NC(C)c1ccccc1. The Kier molecular flexibility index (Phi) is 7.10. The molecule has 0 spiro atoms. The number of hydrogen-bond donors (Lipinski definition) is 2. The van der Waals surface area contributed by atoms with Gasteiger partial charge in [0, 0.05) is 52.2 Å². The predicted octanol–water partition coefficient (Wildman–Crippen LogP) is 1.86. The highest BCUT2D eigenvalue weighted by molar-refractivity contribution is 5.80. The number of nitrogens with one attached hydrogen (secondary N) is 2. The summed E-state index contributed by atoms with van der Waals surface area (Å²) < 4.78 is 0. The molecule has 2 N–H and O–H groups in total. The summed E-state index contributed by atoms with van der Waals surface area (Å²) in [6.07, 6.45) is 3.41. The maximum Gasteiger partial charge on any atom is 0.225 e. The molecule has 1 saturated carbocycles. The molecule has 1 aliphatic carbocycles. The third-order valence-corrected chi connectivity index (χ3v) is 5.74. The van der Waals surface area contributed by atoms with Crippen LogP contribution in [0.5, 0.6) is 0 Å². The molecule has 1 aromatic rings. The molecule has 1 saturated heterocycles. The van der Waals surface area contributed by atoms with Gasteiger partial charge in [0.15, 0.2) is 5.96 Å². The van der Waals surface area contributed by atoms with E-state index in [1.807, 2.05) is 6.07 Å². The molecule has 1 heterocycles. The summed E-state index contributed by atoms with van der Waals surface area (Å²) >= 11 is 0. The van der Waals surface area contributed by atoms with Crippen LogP contribution in [0, 0.1) is 5.92 Å². The van der Waals surface area contributed by atoms with Crippen LogP contribution >= 0.6 is 0 Å². The van der Waals surface area contributed by atoms with Crippen molar-refractivity contribution in [1.29, 1.82) is 0 Å². The first-order chi connectivity index (χ1) is 13.2. The van der Waals surface area contributed by atoms with Crippen LogP contribution in [0.1, 0.15) is 37.8 Å². The minimum absolute atomic E-state index is 0.207. The second-order valence-electron chi connectivity index (χ2n) is 7.57. The molecule has 2 aliphatic rings. The average molecular weight is 372 g/mol. The summed E-state index contributed by atoms with van der Waals surface area (Å²) in [5, 5.41) is 6.84. The molecule has 1 aliphatic heterocycles. The standard InChI is InChI=1S/C21H33N5O/c1-17(18-7-4-3-5-8-18)24-21(22-2)23-11-12-25-13-15-26(16-14-25)20(27)19-9-6-10-19/h3-5,7-8,17,19H,6,9-16H2,1-2H3,(H2,22,23,24). The topological polar surface area (TPSA) is 60.0 Å². The minimum Gasteiger partial charge on any atom is -0.355 e. The highest BCUT2D eigenvalue weighted by Gasteiger charge is 2.30. The highest BCUT2D eigenvalue weighted by atomic mass is 16.2. The Morgan fingerprint density at radius 3 is 2.48 bits per heavy atom. The Labute approximate surface area is 163 Å². The van der Waals surface area contributed by atoms with E-state index in [0.717, 1.165) is 58.1 Å². The molecule has 27 heavy (non-hydrogen) atoms. The van der Waals surface area contributed by atoms with Crippen molar-refractivity contribution in [3.63, 3.8) is 0 Å². The molecular formula is C21H33N5O. The number of aliphatic imine (C=N–C) groups is 1. The van der Waals surface area contributed by atoms with Gasteiger partial charge in [0.1, 0.15) is 0 Å². The molecule has 6 heteroatoms. The Bertz CT molecular complexity index is 621. The number of piperazine rings is 1. The fraction of sp³-hybridized carbons (Fsp3) is 0.619. The van der Waals surface area contributed by atoms with E-state index in [2.05, 4.69) is 56.6 Å². The van der Waals surface area contributed by atoms with Gasteiger partial charge in [0.2, 0.25) is 5.91 Å². The Morgan fingerprint density at radius 2 is 1.89 bits per heavy atom. The largest absolute Gasteiger partial charge is 0.355 e. The van der Waals surface area contributed by atoms with Gasteiger partial charge in [0.25, 0.3) is 0 Å². The molecule has 1 atom stereocenters. The van der Waals surface area contributed by atoms with Crippen molar-refractivity contribution in [3.8, 4) is 0 Å². The van der Waals surface area contributed by atoms with Gasteiger partial charge in [-0.15, -0.1) is 0 Å². The minimum atomic E-state index is 0.207. The monoisotopic (exact) mass is 371 g/mol. The van der Waals surface area contributed by atoms with Crippen molar-refractivity contribution in [1.82, 2.24) is 20.4 Å². The first-order valence-corrected chi connectivity index (χ1v) is 10.2. The lowest BCUT2D eigenvalue weighted by Crippen LogP contribution is -2.52. The van der Waals surface area contributed by atoms with Gasteiger partial charge in [-0.05, 0) is 25.3 Å². The Morgan fingerprint density at radius 1 is 1.19 bits per heavy atom. The predicted molar refractivity (Wildman–Crippen MR) is 110 cm³/mol. The number of nitrogens with zero attached hydrogens (tertiary/aromatic N) is 3. The van der Waals surface area contributed by atoms with Crippen LogP contribution in [0.15, 0.2) is 35.3 Å². The van der Waals surface area contributed by atoms with E-state index >= 15 is 0 Å². The van der Waals surface area contributed by atoms with E-state index in [0.29, 0.717) is 11.8 Å². The Hall–Kier alpha value is -2.08. The van der Waals surface area contributed by atoms with Crippen molar-refractivity contribution in [2.75, 3.05) is 46.3 Å². The maximum absolute atomic E-state index is 12.3. The van der Waals surface area contributed by atoms with Gasteiger partial charge >= 0.3 is 0 Å². The lowest BCUT2D eigenvalue weighted by Gasteiger charge is -2.38. The zero-order chi connectivity index (χ0) is 19.1. The van der Waals surface area contributed by atoms with Crippen molar-refractivity contribution in [3.05, 3.63) is 35.9 Å². The summed E-state index contributed by atoms with van der Waals surface area (Å²) in [6.45, 7) is 7.62. The van der Waals surface area contributed by atoms with E-state index in [4.69, 9.17) is 0 Å². The number of carbonyl (C=O) groups excluding carboxylic acids is 1. The average Bonchev–Trinajstić information content (AvgIpc) is 2.67. The van der Waals surface area contributed by atoms with Gasteiger partial charge in [-0.25, -0.2) is 0 Å². The van der Waals surface area contributed by atoms with E-state index in [9.17, 15) is 4.79 Å². The summed E-state index contributed by atoms with van der Waals surface area (Å²) in [4.78, 5) is 21.1. The second kappa shape index (κ2) is 9.74. The molecule has 0 radical (unpaired) electrons. The smallest absolute Gasteiger partial charge is 0.225 e. The highest BCUT2D eigenvalue weighted by Crippen LogP contribution is 2.28. The summed E-state index contributed by atoms with van der Waals surface area (Å²) in [5.41, 5.74) is 1.24. The van der Waals surface area contributed by atoms with Crippen LogP contribution in [0.3, 0.4) is 0 Å². The molecule has 2 fully saturated rings. The van der Waals surface area contributed by atoms with Crippen LogP contribution in [0.4, 0.5) is 0 Å². The van der Waals surface area contributed by atoms with Crippen LogP contribution in [-0.2, 0) is 4.79 Å². The number of hydrogen-bond acceptors (Lipinski definition) is 3. The molecular weight excluding hydrogens is 338 g/mol. The fourth-order valence-electron chi connectivity index (χ4n) is 3.66. The van der Waals surface area contributed by atoms with Crippen molar-refractivity contribution in [2.45, 2.75) is 32.2 Å². The summed E-state index contributed by atoms with van der Waals surface area (Å²) in [6, 6.07) is 10.6. The molecule has 1 amide bonds. The Balaban J connectivity index is 1.34. The maximum atomic E-state index is 12.3. The van der Waals surface area contributed by atoms with Gasteiger partial charge in [-0.3, -0.25) is 14.7 Å². The zero-order valence-corrected chi connectivity index (χ0v) is 16.7. The number of carbonyl (C=O) groups is 1. The lowest BCUT2D eigenvalue weighted by atomic mass is 9.84. The van der Waals surface area contributed by atoms with Crippen molar-refractivity contribution < 1.29 is 4.79 Å². The van der Waals surface area contributed by atoms with E-state index in [1.54, 1.807) is 7.05 Å². The number of benzene rings is 1. The third kappa shape index (κ3) is 5.45. The molecule has 1 unspecified atom stereocenters. The van der Waals surface area contributed by atoms with Gasteiger partial charge in [0.05, 0.1) is 6.04 Å². The van der Waals surface area contributed by atoms with E-state index in [-0.39, 0.29) is 6.04 Å². The van der Waals surface area contributed by atoms with Crippen molar-refractivity contribution >= 4 is 11.9 Å². The first kappa shape index (κ1) is 19.7. The van der Waals surface area contributed by atoms with Gasteiger partial charge in [-0.2, -0.15) is 0 Å². The van der Waals surface area contributed by atoms with Crippen LogP contribution in [0.25, 0.3) is 0 Å². The fourth-order valence-corrected chi connectivity index (χ4v) is 3.66. The normalized spacial score (nSPS) is 20.1. The molecule has 0 aromatic heterocycles. The van der Waals surface area contributed by atoms with Gasteiger partial charge in [-0.1, -0.05) is 36.8 Å². The van der Waals surface area contributed by atoms with E-state index in [1.165, 1.54) is 12.0 Å². The zero-order valence-electron chi connectivity index (χ0n) is 16.7. The number of rotatable bonds is 6. The lowest BCUT2D eigenvalue weighted by molar-refractivity contribution is -0.139. The summed E-state index contributed by atoms with van der Waals surface area (Å²) in [5.74, 6) is 1.53. The number of amides is 1. The molecule has 1 aromatic carbocycles. The molecule has 6 nitrogen and oxygen atoms in total. The second-order valence-corrected chi connectivity index (χ2v) is 7.57. The molecule has 0 bridgehead atoms. The van der Waals surface area contributed by atoms with Gasteiger partial charge < -0.3 is 15.5 Å². The number of guanidine groups is 1. The molecule has 3 rings (SSSR count). The summed E-state index contributed by atoms with van der Waals surface area (Å²) in [7, 11) is 1.80. The van der Waals surface area contributed by atoms with E-state index < -0.39 is 0 Å². The van der Waals surface area contributed by atoms with Crippen LogP contribution < -0.4 is 10.6 Å². The quantitative estimate of drug-likeness (QED) is 0.592. The third-order valence-electron chi connectivity index (χ3n) is 5.74. The van der Waals surface area contributed by atoms with Crippen molar-refractivity contribution in [2.24, 2.45) is 10.9 Å². The van der Waals surface area contributed by atoms with Crippen LogP contribution in [-0.4, -0.2) is 68.0 Å².